The van der Waals surface area contributed by atoms with Gasteiger partial charge in [-0.1, -0.05) is 20.3 Å². The van der Waals surface area contributed by atoms with Crippen molar-refractivity contribution in [2.24, 2.45) is 11.8 Å². The monoisotopic (exact) mass is 241 g/mol. The SMILES string of the molecule is CC[C@@H](C)[C@H]1C(=O)N(OC2CCCCO2)[C@H]1C. The number of rotatable bonds is 4. The molecule has 1 unspecified atom stereocenters. The molecule has 2 aliphatic heterocycles. The number of hydrogen-bond acceptors (Lipinski definition) is 3. The molecule has 4 heteroatoms. The summed E-state index contributed by atoms with van der Waals surface area (Å²) in [5.41, 5.74) is 0. The summed E-state index contributed by atoms with van der Waals surface area (Å²) >= 11 is 0. The maximum Gasteiger partial charge on any atom is 0.252 e. The summed E-state index contributed by atoms with van der Waals surface area (Å²) in [6, 6.07) is 0.183. The van der Waals surface area contributed by atoms with E-state index in [0.717, 1.165) is 32.3 Å². The van der Waals surface area contributed by atoms with Crippen LogP contribution in [0.4, 0.5) is 0 Å². The minimum Gasteiger partial charge on any atom is -0.350 e. The molecule has 0 aromatic rings. The molecule has 0 spiro atoms. The summed E-state index contributed by atoms with van der Waals surface area (Å²) in [7, 11) is 0. The fourth-order valence-corrected chi connectivity index (χ4v) is 2.66. The highest BCUT2D eigenvalue weighted by atomic mass is 16.8. The maximum absolute atomic E-state index is 12.0. The van der Waals surface area contributed by atoms with Crippen LogP contribution in [0.1, 0.15) is 46.5 Å². The van der Waals surface area contributed by atoms with Crippen molar-refractivity contribution in [1.29, 1.82) is 0 Å². The third-order valence-electron chi connectivity index (χ3n) is 4.02. The van der Waals surface area contributed by atoms with Crippen LogP contribution in [0.15, 0.2) is 0 Å². The van der Waals surface area contributed by atoms with Crippen LogP contribution in [0.3, 0.4) is 0 Å². The second-order valence-electron chi connectivity index (χ2n) is 5.22. The van der Waals surface area contributed by atoms with Crippen molar-refractivity contribution in [2.75, 3.05) is 6.61 Å². The molecule has 2 fully saturated rings. The van der Waals surface area contributed by atoms with Gasteiger partial charge in [0.15, 0.2) is 6.29 Å². The fraction of sp³-hybridized carbons (Fsp3) is 0.923. The van der Waals surface area contributed by atoms with Crippen LogP contribution < -0.4 is 0 Å². The number of carbonyl (C=O) groups is 1. The van der Waals surface area contributed by atoms with Crippen molar-refractivity contribution in [3.63, 3.8) is 0 Å². The largest absolute Gasteiger partial charge is 0.350 e. The summed E-state index contributed by atoms with van der Waals surface area (Å²) in [4.78, 5) is 17.6. The van der Waals surface area contributed by atoms with Crippen LogP contribution in [-0.4, -0.2) is 29.9 Å². The van der Waals surface area contributed by atoms with E-state index < -0.39 is 0 Å². The Labute approximate surface area is 103 Å². The highest BCUT2D eigenvalue weighted by molar-refractivity contribution is 5.85. The smallest absolute Gasteiger partial charge is 0.252 e. The van der Waals surface area contributed by atoms with Gasteiger partial charge in [-0.2, -0.15) is 0 Å². The zero-order valence-corrected chi connectivity index (χ0v) is 11.0. The van der Waals surface area contributed by atoms with E-state index in [2.05, 4.69) is 20.8 Å². The number of ether oxygens (including phenoxy) is 1. The molecular formula is C13H23NO3. The van der Waals surface area contributed by atoms with E-state index in [1.165, 1.54) is 5.06 Å². The maximum atomic E-state index is 12.0. The van der Waals surface area contributed by atoms with Gasteiger partial charge in [-0.25, -0.2) is 9.90 Å². The Bertz CT molecular complexity index is 276. The first-order chi connectivity index (χ1) is 8.15. The molecular weight excluding hydrogens is 218 g/mol. The van der Waals surface area contributed by atoms with Crippen LogP contribution in [0.25, 0.3) is 0 Å². The first kappa shape index (κ1) is 12.8. The lowest BCUT2D eigenvalue weighted by atomic mass is 9.79. The molecule has 0 aromatic heterocycles. The van der Waals surface area contributed by atoms with Crippen molar-refractivity contribution in [1.82, 2.24) is 5.06 Å². The van der Waals surface area contributed by atoms with Gasteiger partial charge in [0.05, 0.1) is 12.0 Å². The molecule has 2 saturated heterocycles. The first-order valence-corrected chi connectivity index (χ1v) is 6.76. The fourth-order valence-electron chi connectivity index (χ4n) is 2.66. The molecule has 98 valence electrons. The number of hydrogen-bond donors (Lipinski definition) is 0. The molecule has 2 aliphatic rings. The van der Waals surface area contributed by atoms with Gasteiger partial charge in [-0.3, -0.25) is 4.79 Å². The van der Waals surface area contributed by atoms with Gasteiger partial charge in [-0.15, -0.1) is 0 Å². The highest BCUT2D eigenvalue weighted by Gasteiger charge is 2.48. The summed E-state index contributed by atoms with van der Waals surface area (Å²) in [5, 5.41) is 1.52. The molecule has 0 radical (unpaired) electrons. The Hall–Kier alpha value is -0.610. The molecule has 1 amide bonds. The van der Waals surface area contributed by atoms with Crippen LogP contribution in [0.5, 0.6) is 0 Å². The van der Waals surface area contributed by atoms with Crippen LogP contribution in [0, 0.1) is 11.8 Å². The van der Waals surface area contributed by atoms with Crippen molar-refractivity contribution < 1.29 is 14.4 Å². The van der Waals surface area contributed by atoms with Crippen LogP contribution >= 0.6 is 0 Å². The minimum atomic E-state index is -0.215. The lowest BCUT2D eigenvalue weighted by Gasteiger charge is -2.47. The Kier molecular flexibility index (Phi) is 4.05. The Morgan fingerprint density at radius 1 is 1.53 bits per heavy atom. The Morgan fingerprint density at radius 3 is 2.82 bits per heavy atom. The van der Waals surface area contributed by atoms with E-state index in [1.54, 1.807) is 0 Å². The molecule has 2 heterocycles. The van der Waals surface area contributed by atoms with E-state index in [0.29, 0.717) is 5.92 Å². The zero-order chi connectivity index (χ0) is 12.4. The predicted octanol–water partition coefficient (Wildman–Crippen LogP) is 2.34. The molecule has 0 aliphatic carbocycles. The molecule has 4 nitrogen and oxygen atoms in total. The lowest BCUT2D eigenvalue weighted by molar-refractivity contribution is -0.319. The molecule has 17 heavy (non-hydrogen) atoms. The van der Waals surface area contributed by atoms with E-state index in [9.17, 15) is 4.79 Å². The number of β-lactam (4-membered cyclic amide) rings is 1. The van der Waals surface area contributed by atoms with Gasteiger partial charge in [0.25, 0.3) is 5.91 Å². The quantitative estimate of drug-likeness (QED) is 0.709. The standard InChI is InChI=1S/C13H23NO3/c1-4-9(2)12-10(3)14(13(12)15)17-11-7-5-6-8-16-11/h9-12H,4-8H2,1-3H3/t9-,10+,11?,12-/m1/s1. The highest BCUT2D eigenvalue weighted by Crippen LogP contribution is 2.35. The second kappa shape index (κ2) is 5.36. The first-order valence-electron chi connectivity index (χ1n) is 6.76. The van der Waals surface area contributed by atoms with Gasteiger partial charge in [-0.05, 0) is 25.7 Å². The zero-order valence-electron chi connectivity index (χ0n) is 11.0. The van der Waals surface area contributed by atoms with Gasteiger partial charge in [0.1, 0.15) is 0 Å². The molecule has 0 N–H and O–H groups in total. The predicted molar refractivity (Wildman–Crippen MR) is 63.9 cm³/mol. The summed E-state index contributed by atoms with van der Waals surface area (Å²) < 4.78 is 5.49. The third-order valence-corrected chi connectivity index (χ3v) is 4.02. The van der Waals surface area contributed by atoms with E-state index in [4.69, 9.17) is 9.57 Å². The van der Waals surface area contributed by atoms with Crippen molar-refractivity contribution in [3.05, 3.63) is 0 Å². The Balaban J connectivity index is 1.85. The average Bonchev–Trinajstić information content (AvgIpc) is 2.37. The lowest BCUT2D eigenvalue weighted by Crippen LogP contribution is -2.62. The van der Waals surface area contributed by atoms with Crippen LogP contribution in [-0.2, 0) is 14.4 Å². The minimum absolute atomic E-state index is 0.126. The van der Waals surface area contributed by atoms with Gasteiger partial charge in [0, 0.05) is 13.0 Å². The number of amides is 1. The van der Waals surface area contributed by atoms with E-state index in [1.807, 2.05) is 0 Å². The molecule has 2 rings (SSSR count). The van der Waals surface area contributed by atoms with Crippen molar-refractivity contribution in [2.45, 2.75) is 58.8 Å². The molecule has 0 saturated carbocycles. The van der Waals surface area contributed by atoms with Crippen LogP contribution in [0.2, 0.25) is 0 Å². The number of hydroxylamine groups is 2. The van der Waals surface area contributed by atoms with Crippen molar-refractivity contribution >= 4 is 5.91 Å². The third kappa shape index (κ3) is 2.47. The van der Waals surface area contributed by atoms with E-state index >= 15 is 0 Å². The topological polar surface area (TPSA) is 38.8 Å². The van der Waals surface area contributed by atoms with Gasteiger partial charge in [0.2, 0.25) is 0 Å². The molecule has 0 bridgehead atoms. The van der Waals surface area contributed by atoms with Gasteiger partial charge >= 0.3 is 0 Å². The summed E-state index contributed by atoms with van der Waals surface area (Å²) in [5.74, 6) is 0.689. The van der Waals surface area contributed by atoms with Crippen molar-refractivity contribution in [3.8, 4) is 0 Å². The summed E-state index contributed by atoms with van der Waals surface area (Å²) in [6.45, 7) is 7.06. The molecule has 0 aromatic carbocycles. The Morgan fingerprint density at radius 2 is 2.29 bits per heavy atom. The normalized spacial score (nSPS) is 35.6. The molecule has 4 atom stereocenters. The average molecular weight is 241 g/mol. The second-order valence-corrected chi connectivity index (χ2v) is 5.22. The number of carbonyl (C=O) groups excluding carboxylic acids is 1. The van der Waals surface area contributed by atoms with E-state index in [-0.39, 0.29) is 24.2 Å². The summed E-state index contributed by atoms with van der Waals surface area (Å²) in [6.07, 6.45) is 3.93. The van der Waals surface area contributed by atoms with Gasteiger partial charge < -0.3 is 4.74 Å². The number of nitrogens with zero attached hydrogens (tertiary/aromatic N) is 1.